The zero-order chi connectivity index (χ0) is 15.4. The lowest BCUT2D eigenvalue weighted by Gasteiger charge is -2.12. The van der Waals surface area contributed by atoms with Crippen molar-refractivity contribution in [2.45, 2.75) is 5.92 Å². The topological polar surface area (TPSA) is 77.1 Å². The van der Waals surface area contributed by atoms with Gasteiger partial charge in [0.1, 0.15) is 5.92 Å². The van der Waals surface area contributed by atoms with E-state index in [0.29, 0.717) is 17.1 Å². The van der Waals surface area contributed by atoms with Gasteiger partial charge in [0.25, 0.3) is 0 Å². The number of carbonyl (C=O) groups excluding carboxylic acids is 1. The van der Waals surface area contributed by atoms with Gasteiger partial charge in [0, 0.05) is 19.4 Å². The van der Waals surface area contributed by atoms with E-state index in [9.17, 15) is 10.1 Å². The van der Waals surface area contributed by atoms with E-state index < -0.39 is 5.92 Å². The summed E-state index contributed by atoms with van der Waals surface area (Å²) in [5, 5.41) is 9.35. The fourth-order valence-corrected chi connectivity index (χ4v) is 2.05. The SMILES string of the molecule is COc1ccc(C(C#N)C(=O)c2nccn2C)cc1OC. The lowest BCUT2D eigenvalue weighted by atomic mass is 9.95. The fraction of sp³-hybridized carbons (Fsp3) is 0.267. The van der Waals surface area contributed by atoms with Gasteiger partial charge in [-0.2, -0.15) is 5.26 Å². The molecule has 1 atom stereocenters. The Bertz CT molecular complexity index is 700. The van der Waals surface area contributed by atoms with E-state index in [1.54, 1.807) is 36.0 Å². The number of hydrogen-bond acceptors (Lipinski definition) is 5. The summed E-state index contributed by atoms with van der Waals surface area (Å²) in [6.07, 6.45) is 3.19. The van der Waals surface area contributed by atoms with Crippen molar-refractivity contribution in [3.63, 3.8) is 0 Å². The van der Waals surface area contributed by atoms with Gasteiger partial charge in [-0.3, -0.25) is 4.79 Å². The highest BCUT2D eigenvalue weighted by molar-refractivity contribution is 6.00. The summed E-state index contributed by atoms with van der Waals surface area (Å²) in [5.41, 5.74) is 0.545. The van der Waals surface area contributed by atoms with Crippen LogP contribution in [0.1, 0.15) is 22.1 Å². The molecule has 0 aliphatic rings. The molecule has 0 amide bonds. The molecule has 1 aromatic carbocycles. The summed E-state index contributed by atoms with van der Waals surface area (Å²) in [4.78, 5) is 16.4. The molecule has 0 fully saturated rings. The van der Waals surface area contributed by atoms with Gasteiger partial charge in [0.15, 0.2) is 17.3 Å². The maximum atomic E-state index is 12.4. The molecule has 2 rings (SSSR count). The van der Waals surface area contributed by atoms with Gasteiger partial charge in [-0.25, -0.2) is 4.98 Å². The van der Waals surface area contributed by atoms with Crippen LogP contribution in [-0.2, 0) is 7.05 Å². The highest BCUT2D eigenvalue weighted by Gasteiger charge is 2.25. The zero-order valence-electron chi connectivity index (χ0n) is 12.0. The van der Waals surface area contributed by atoms with Crippen LogP contribution < -0.4 is 9.47 Å². The van der Waals surface area contributed by atoms with Crippen LogP contribution in [0.4, 0.5) is 0 Å². The first-order valence-electron chi connectivity index (χ1n) is 6.25. The Kier molecular flexibility index (Phi) is 4.24. The van der Waals surface area contributed by atoms with E-state index >= 15 is 0 Å². The number of methoxy groups -OCH3 is 2. The van der Waals surface area contributed by atoms with Crippen molar-refractivity contribution >= 4 is 5.78 Å². The first-order valence-corrected chi connectivity index (χ1v) is 6.25. The van der Waals surface area contributed by atoms with Crippen LogP contribution in [0.15, 0.2) is 30.6 Å². The number of hydrogen-bond donors (Lipinski definition) is 0. The Morgan fingerprint density at radius 2 is 2.05 bits per heavy atom. The number of carbonyl (C=O) groups is 1. The van der Waals surface area contributed by atoms with Crippen LogP contribution in [0.3, 0.4) is 0 Å². The lowest BCUT2D eigenvalue weighted by molar-refractivity contribution is 0.0965. The number of rotatable bonds is 5. The van der Waals surface area contributed by atoms with Gasteiger partial charge in [-0.15, -0.1) is 0 Å². The average Bonchev–Trinajstić information content (AvgIpc) is 2.93. The third-order valence-electron chi connectivity index (χ3n) is 3.17. The lowest BCUT2D eigenvalue weighted by Crippen LogP contribution is -2.16. The van der Waals surface area contributed by atoms with Crippen molar-refractivity contribution < 1.29 is 14.3 Å². The van der Waals surface area contributed by atoms with Gasteiger partial charge in [-0.05, 0) is 17.7 Å². The van der Waals surface area contributed by atoms with Crippen LogP contribution in [0, 0.1) is 11.3 Å². The van der Waals surface area contributed by atoms with Crippen LogP contribution in [0.2, 0.25) is 0 Å². The molecule has 1 aromatic heterocycles. The molecule has 0 saturated carbocycles. The van der Waals surface area contributed by atoms with Crippen molar-refractivity contribution in [2.75, 3.05) is 14.2 Å². The number of aromatic nitrogens is 2. The van der Waals surface area contributed by atoms with Crippen molar-refractivity contribution in [1.82, 2.24) is 9.55 Å². The Balaban J connectivity index is 2.41. The first-order chi connectivity index (χ1) is 10.1. The smallest absolute Gasteiger partial charge is 0.219 e. The molecule has 0 saturated heterocycles. The average molecular weight is 285 g/mol. The van der Waals surface area contributed by atoms with E-state index in [0.717, 1.165) is 0 Å². The number of aryl methyl sites for hydroxylation is 1. The van der Waals surface area contributed by atoms with Crippen molar-refractivity contribution in [1.29, 1.82) is 5.26 Å². The molecule has 6 heteroatoms. The van der Waals surface area contributed by atoms with Gasteiger partial charge in [0.05, 0.1) is 20.3 Å². The van der Waals surface area contributed by atoms with Crippen LogP contribution in [0.5, 0.6) is 11.5 Å². The molecule has 0 radical (unpaired) electrons. The Labute approximate surface area is 122 Å². The Morgan fingerprint density at radius 3 is 2.57 bits per heavy atom. The first kappa shape index (κ1) is 14.6. The number of nitrogens with zero attached hydrogens (tertiary/aromatic N) is 3. The van der Waals surface area contributed by atoms with E-state index in [4.69, 9.17) is 9.47 Å². The van der Waals surface area contributed by atoms with Gasteiger partial charge < -0.3 is 14.0 Å². The third kappa shape index (κ3) is 2.72. The van der Waals surface area contributed by atoms with E-state index in [1.807, 2.05) is 6.07 Å². The number of nitriles is 1. The van der Waals surface area contributed by atoms with Crippen molar-refractivity contribution in [2.24, 2.45) is 7.05 Å². The largest absolute Gasteiger partial charge is 0.493 e. The summed E-state index contributed by atoms with van der Waals surface area (Å²) >= 11 is 0. The van der Waals surface area contributed by atoms with Crippen LogP contribution in [0.25, 0.3) is 0 Å². The predicted octanol–water partition coefficient (Wildman–Crippen LogP) is 1.93. The number of ketones is 1. The minimum absolute atomic E-state index is 0.247. The summed E-state index contributed by atoms with van der Waals surface area (Å²) in [7, 11) is 4.74. The maximum absolute atomic E-state index is 12.4. The van der Waals surface area contributed by atoms with Gasteiger partial charge >= 0.3 is 0 Å². The predicted molar refractivity (Wildman–Crippen MR) is 75.4 cm³/mol. The molecule has 1 unspecified atom stereocenters. The molecule has 6 nitrogen and oxygen atoms in total. The van der Waals surface area contributed by atoms with Gasteiger partial charge in [-0.1, -0.05) is 6.07 Å². The minimum Gasteiger partial charge on any atom is -0.493 e. The summed E-state index contributed by atoms with van der Waals surface area (Å²) in [6, 6.07) is 7.00. The molecule has 21 heavy (non-hydrogen) atoms. The molecular weight excluding hydrogens is 270 g/mol. The van der Waals surface area contributed by atoms with Crippen LogP contribution in [-0.4, -0.2) is 29.6 Å². The quantitative estimate of drug-likeness (QED) is 0.784. The molecule has 0 aliphatic carbocycles. The van der Waals surface area contributed by atoms with Crippen molar-refractivity contribution in [3.05, 3.63) is 42.0 Å². The Morgan fingerprint density at radius 1 is 1.33 bits per heavy atom. The molecule has 108 valence electrons. The second kappa shape index (κ2) is 6.09. The highest BCUT2D eigenvalue weighted by atomic mass is 16.5. The number of ether oxygens (including phenoxy) is 2. The van der Waals surface area contributed by atoms with E-state index in [-0.39, 0.29) is 11.6 Å². The second-order valence-electron chi connectivity index (χ2n) is 4.40. The normalized spacial score (nSPS) is 11.5. The fourth-order valence-electron chi connectivity index (χ4n) is 2.05. The summed E-state index contributed by atoms with van der Waals surface area (Å²) in [5.74, 6) is -0.0234. The zero-order valence-corrected chi connectivity index (χ0v) is 12.0. The monoisotopic (exact) mass is 285 g/mol. The Hall–Kier alpha value is -2.81. The number of imidazole rings is 1. The van der Waals surface area contributed by atoms with Crippen LogP contribution >= 0.6 is 0 Å². The maximum Gasteiger partial charge on any atom is 0.219 e. The highest BCUT2D eigenvalue weighted by Crippen LogP contribution is 2.31. The number of Topliss-reactive ketones (excluding diaryl/α,β-unsaturated/α-hetero) is 1. The molecule has 0 bridgehead atoms. The third-order valence-corrected chi connectivity index (χ3v) is 3.17. The molecular formula is C15H15N3O3. The summed E-state index contributed by atoms with van der Waals surface area (Å²) in [6.45, 7) is 0. The van der Waals surface area contributed by atoms with Crippen molar-refractivity contribution in [3.8, 4) is 17.6 Å². The molecule has 2 aromatic rings. The molecule has 1 heterocycles. The molecule has 0 spiro atoms. The van der Waals surface area contributed by atoms with E-state index in [2.05, 4.69) is 4.98 Å². The second-order valence-corrected chi connectivity index (χ2v) is 4.40. The molecule has 0 aliphatic heterocycles. The minimum atomic E-state index is -0.939. The standard InChI is InChI=1S/C15H15N3O3/c1-18-7-6-17-15(18)14(19)11(9-16)10-4-5-12(20-2)13(8-10)21-3/h4-8,11H,1-3H3. The van der Waals surface area contributed by atoms with Gasteiger partial charge in [0.2, 0.25) is 5.78 Å². The van der Waals surface area contributed by atoms with E-state index in [1.165, 1.54) is 20.4 Å². The summed E-state index contributed by atoms with van der Waals surface area (Å²) < 4.78 is 11.9. The number of benzene rings is 1. The molecule has 0 N–H and O–H groups in total.